The van der Waals surface area contributed by atoms with Gasteiger partial charge in [-0.2, -0.15) is 0 Å². The second-order valence-corrected chi connectivity index (χ2v) is 5.90. The summed E-state index contributed by atoms with van der Waals surface area (Å²) in [6.07, 6.45) is 4.26. The Morgan fingerprint density at radius 3 is 2.75 bits per heavy atom. The van der Waals surface area contributed by atoms with Gasteiger partial charge in [-0.15, -0.1) is 0 Å². The third kappa shape index (κ3) is 2.80. The molecule has 0 atom stereocenters. The molecule has 2 heterocycles. The molecule has 0 radical (unpaired) electrons. The molecule has 1 fully saturated rings. The van der Waals surface area contributed by atoms with Gasteiger partial charge in [0.2, 0.25) is 5.88 Å². The van der Waals surface area contributed by atoms with Crippen LogP contribution in [-0.2, 0) is 0 Å². The third-order valence-corrected chi connectivity index (χ3v) is 4.10. The first kappa shape index (κ1) is 13.4. The average Bonchev–Trinajstić information content (AvgIpc) is 3.07. The number of rotatable bonds is 3. The summed E-state index contributed by atoms with van der Waals surface area (Å²) in [5.41, 5.74) is 2.14. The van der Waals surface area contributed by atoms with Crippen LogP contribution in [0.15, 0.2) is 44.2 Å². The van der Waals surface area contributed by atoms with Crippen molar-refractivity contribution < 1.29 is 4.42 Å². The van der Waals surface area contributed by atoms with Crippen LogP contribution in [0.2, 0.25) is 0 Å². The van der Waals surface area contributed by atoms with Crippen LogP contribution in [0, 0.1) is 6.92 Å². The highest BCUT2D eigenvalue weighted by Crippen LogP contribution is 2.32. The number of aliphatic imine (C=N–C) groups is 1. The molecule has 1 aliphatic rings. The SMILES string of the molecule is Cc1ccccc1N=Cc1cc(Br)c(N2CCCC2)o1. The third-order valence-electron chi connectivity index (χ3n) is 3.53. The van der Waals surface area contributed by atoms with Crippen molar-refractivity contribution in [1.82, 2.24) is 0 Å². The Balaban J connectivity index is 1.81. The van der Waals surface area contributed by atoms with Crippen LogP contribution in [-0.4, -0.2) is 19.3 Å². The molecule has 0 unspecified atom stereocenters. The number of halogens is 1. The normalized spacial score (nSPS) is 15.4. The summed E-state index contributed by atoms with van der Waals surface area (Å²) in [4.78, 5) is 6.77. The van der Waals surface area contributed by atoms with Gasteiger partial charge in [0, 0.05) is 19.2 Å². The van der Waals surface area contributed by atoms with Gasteiger partial charge in [0.1, 0.15) is 5.76 Å². The Bertz CT molecular complexity index is 627. The first-order valence-corrected chi connectivity index (χ1v) is 7.67. The van der Waals surface area contributed by atoms with E-state index in [-0.39, 0.29) is 0 Å². The van der Waals surface area contributed by atoms with Crippen LogP contribution in [0.4, 0.5) is 11.6 Å². The molecule has 3 rings (SSSR count). The van der Waals surface area contributed by atoms with Crippen molar-refractivity contribution in [3.05, 3.63) is 46.1 Å². The van der Waals surface area contributed by atoms with Crippen LogP contribution < -0.4 is 4.90 Å². The van der Waals surface area contributed by atoms with Gasteiger partial charge in [-0.25, -0.2) is 0 Å². The number of para-hydroxylation sites is 1. The summed E-state index contributed by atoms with van der Waals surface area (Å²) in [5, 5.41) is 0. The number of nitrogens with zero attached hydrogens (tertiary/aromatic N) is 2. The van der Waals surface area contributed by atoms with E-state index in [1.807, 2.05) is 24.3 Å². The fourth-order valence-corrected chi connectivity index (χ4v) is 2.97. The summed E-state index contributed by atoms with van der Waals surface area (Å²) in [6.45, 7) is 4.20. The molecule has 1 aromatic heterocycles. The Morgan fingerprint density at radius 1 is 1.25 bits per heavy atom. The average molecular weight is 333 g/mol. The molecule has 0 N–H and O–H groups in total. The van der Waals surface area contributed by atoms with Crippen LogP contribution in [0.3, 0.4) is 0 Å². The van der Waals surface area contributed by atoms with Crippen molar-refractivity contribution in [3.63, 3.8) is 0 Å². The first-order chi connectivity index (χ1) is 9.74. The lowest BCUT2D eigenvalue weighted by atomic mass is 10.2. The van der Waals surface area contributed by atoms with E-state index < -0.39 is 0 Å². The van der Waals surface area contributed by atoms with E-state index in [1.165, 1.54) is 12.8 Å². The van der Waals surface area contributed by atoms with Crippen molar-refractivity contribution in [2.45, 2.75) is 19.8 Å². The van der Waals surface area contributed by atoms with E-state index in [4.69, 9.17) is 4.42 Å². The fourth-order valence-electron chi connectivity index (χ4n) is 2.42. The predicted molar refractivity (Wildman–Crippen MR) is 86.3 cm³/mol. The van der Waals surface area contributed by atoms with E-state index in [9.17, 15) is 0 Å². The summed E-state index contributed by atoms with van der Waals surface area (Å²) < 4.78 is 6.89. The first-order valence-electron chi connectivity index (χ1n) is 6.88. The highest BCUT2D eigenvalue weighted by Gasteiger charge is 2.19. The lowest BCUT2D eigenvalue weighted by Crippen LogP contribution is -2.17. The topological polar surface area (TPSA) is 28.7 Å². The van der Waals surface area contributed by atoms with E-state index in [0.29, 0.717) is 0 Å². The van der Waals surface area contributed by atoms with Crippen LogP contribution in [0.25, 0.3) is 0 Å². The lowest BCUT2D eigenvalue weighted by Gasteiger charge is -2.13. The van der Waals surface area contributed by atoms with Crippen LogP contribution in [0.5, 0.6) is 0 Å². The van der Waals surface area contributed by atoms with Crippen molar-refractivity contribution in [2.75, 3.05) is 18.0 Å². The Labute approximate surface area is 127 Å². The van der Waals surface area contributed by atoms with Gasteiger partial charge in [0.15, 0.2) is 0 Å². The number of anilines is 1. The molecule has 2 aromatic rings. The van der Waals surface area contributed by atoms with E-state index in [0.717, 1.165) is 40.5 Å². The van der Waals surface area contributed by atoms with Gasteiger partial charge < -0.3 is 9.32 Å². The van der Waals surface area contributed by atoms with E-state index in [2.05, 4.69) is 38.8 Å². The molecule has 0 amide bonds. The maximum atomic E-state index is 5.89. The minimum Gasteiger partial charge on any atom is -0.438 e. The Hall–Kier alpha value is -1.55. The smallest absolute Gasteiger partial charge is 0.210 e. The van der Waals surface area contributed by atoms with Crippen molar-refractivity contribution in [2.24, 2.45) is 4.99 Å². The highest BCUT2D eigenvalue weighted by atomic mass is 79.9. The number of hydrogen-bond acceptors (Lipinski definition) is 3. The minimum atomic E-state index is 0.780. The van der Waals surface area contributed by atoms with E-state index in [1.54, 1.807) is 6.21 Å². The summed E-state index contributed by atoms with van der Waals surface area (Å²) in [6, 6.07) is 10.1. The monoisotopic (exact) mass is 332 g/mol. The van der Waals surface area contributed by atoms with Gasteiger partial charge in [-0.1, -0.05) is 18.2 Å². The Kier molecular flexibility index (Phi) is 3.92. The lowest BCUT2D eigenvalue weighted by molar-refractivity contribution is 0.549. The minimum absolute atomic E-state index is 0.780. The van der Waals surface area contributed by atoms with Crippen LogP contribution in [0.1, 0.15) is 24.2 Å². The molecule has 4 heteroatoms. The molecule has 1 aromatic carbocycles. The molecule has 104 valence electrons. The van der Waals surface area contributed by atoms with Crippen molar-refractivity contribution >= 4 is 33.7 Å². The van der Waals surface area contributed by atoms with Crippen molar-refractivity contribution in [1.29, 1.82) is 0 Å². The maximum Gasteiger partial charge on any atom is 0.210 e. The number of aryl methyl sites for hydroxylation is 1. The Morgan fingerprint density at radius 2 is 2.00 bits per heavy atom. The molecule has 3 nitrogen and oxygen atoms in total. The van der Waals surface area contributed by atoms with E-state index >= 15 is 0 Å². The zero-order valence-corrected chi connectivity index (χ0v) is 13.1. The summed E-state index contributed by atoms with van der Waals surface area (Å²) in [5.74, 6) is 1.70. The number of hydrogen-bond donors (Lipinski definition) is 0. The molecule has 0 bridgehead atoms. The molecular weight excluding hydrogens is 316 g/mol. The molecule has 1 saturated heterocycles. The summed E-state index contributed by atoms with van der Waals surface area (Å²) >= 11 is 3.57. The predicted octanol–water partition coefficient (Wildman–Crippen LogP) is 4.70. The maximum absolute atomic E-state index is 5.89. The molecule has 0 spiro atoms. The quantitative estimate of drug-likeness (QED) is 0.762. The van der Waals surface area contributed by atoms with Gasteiger partial charge >= 0.3 is 0 Å². The second kappa shape index (κ2) is 5.83. The standard InChI is InChI=1S/C16H17BrN2O/c1-12-6-2-3-7-15(12)18-11-13-10-14(17)16(20-13)19-8-4-5-9-19/h2-3,6-7,10-11H,4-5,8-9H2,1H3. The number of furan rings is 1. The van der Waals surface area contributed by atoms with Gasteiger partial charge in [0.05, 0.1) is 16.4 Å². The zero-order chi connectivity index (χ0) is 13.9. The molecular formula is C16H17BrN2O. The molecule has 0 aliphatic carbocycles. The molecule has 1 aliphatic heterocycles. The van der Waals surface area contributed by atoms with Crippen LogP contribution >= 0.6 is 15.9 Å². The van der Waals surface area contributed by atoms with Crippen molar-refractivity contribution in [3.8, 4) is 0 Å². The largest absolute Gasteiger partial charge is 0.438 e. The van der Waals surface area contributed by atoms with Gasteiger partial charge in [0.25, 0.3) is 0 Å². The molecule has 20 heavy (non-hydrogen) atoms. The number of benzene rings is 1. The summed E-state index contributed by atoms with van der Waals surface area (Å²) in [7, 11) is 0. The molecule has 0 saturated carbocycles. The second-order valence-electron chi connectivity index (χ2n) is 5.04. The highest BCUT2D eigenvalue weighted by molar-refractivity contribution is 9.10. The zero-order valence-electron chi connectivity index (χ0n) is 11.5. The fraction of sp³-hybridized carbons (Fsp3) is 0.312. The van der Waals surface area contributed by atoms with Gasteiger partial charge in [-0.3, -0.25) is 4.99 Å². The van der Waals surface area contributed by atoms with Gasteiger partial charge in [-0.05, 0) is 47.3 Å².